The van der Waals surface area contributed by atoms with Gasteiger partial charge in [0.25, 0.3) is 0 Å². The van der Waals surface area contributed by atoms with Gasteiger partial charge in [0.15, 0.2) is 0 Å². The summed E-state index contributed by atoms with van der Waals surface area (Å²) in [5, 5.41) is 11.1. The maximum atomic E-state index is 12.0. The van der Waals surface area contributed by atoms with Crippen LogP contribution in [0.4, 0.5) is 13.2 Å². The van der Waals surface area contributed by atoms with Crippen LogP contribution < -0.4 is 0 Å². The largest absolute Gasteiger partial charge is 0.392 e. The maximum Gasteiger partial charge on any atom is 0.392 e. The predicted octanol–water partition coefficient (Wildman–Crippen LogP) is 2.91. The van der Waals surface area contributed by atoms with Crippen LogP contribution in [0.2, 0.25) is 0 Å². The third-order valence-electron chi connectivity index (χ3n) is 1.60. The molecule has 0 bridgehead atoms. The zero-order chi connectivity index (χ0) is 10.1. The van der Waals surface area contributed by atoms with Gasteiger partial charge in [0.05, 0.1) is 6.42 Å². The van der Waals surface area contributed by atoms with E-state index in [1.165, 1.54) is 13.0 Å². The Hall–Kier alpha value is -0.550. The van der Waals surface area contributed by atoms with Gasteiger partial charge in [-0.05, 0) is 18.4 Å². The first-order chi connectivity index (χ1) is 5.81. The minimum absolute atomic E-state index is 0.338. The summed E-state index contributed by atoms with van der Waals surface area (Å²) in [7, 11) is 0. The second kappa shape index (κ2) is 3.31. The van der Waals surface area contributed by atoms with Gasteiger partial charge < -0.3 is 5.11 Å². The van der Waals surface area contributed by atoms with Gasteiger partial charge in [-0.3, -0.25) is 0 Å². The molecule has 0 aliphatic carbocycles. The summed E-state index contributed by atoms with van der Waals surface area (Å²) in [4.78, 5) is 0.338. The zero-order valence-corrected chi connectivity index (χ0v) is 7.75. The molecule has 0 radical (unpaired) electrons. The van der Waals surface area contributed by atoms with E-state index in [9.17, 15) is 18.3 Å². The quantitative estimate of drug-likeness (QED) is 0.795. The van der Waals surface area contributed by atoms with Crippen molar-refractivity contribution in [2.24, 2.45) is 0 Å². The summed E-state index contributed by atoms with van der Waals surface area (Å²) >= 11 is 1.12. The summed E-state index contributed by atoms with van der Waals surface area (Å²) in [6.07, 6.45) is -5.55. The van der Waals surface area contributed by atoms with Crippen LogP contribution in [-0.4, -0.2) is 11.3 Å². The molecule has 1 N–H and O–H groups in total. The molecule has 74 valence electrons. The van der Waals surface area contributed by atoms with Crippen molar-refractivity contribution >= 4 is 11.3 Å². The van der Waals surface area contributed by atoms with Crippen LogP contribution in [0.5, 0.6) is 0 Å². The van der Waals surface area contributed by atoms with Crippen LogP contribution in [0.15, 0.2) is 17.5 Å². The molecule has 0 unspecified atom stereocenters. The Bertz CT molecular complexity index is 263. The fourth-order valence-corrected chi connectivity index (χ4v) is 1.85. The molecule has 0 fully saturated rings. The molecular formula is C8H9F3OS. The summed E-state index contributed by atoms with van der Waals surface area (Å²) < 4.78 is 36.0. The molecule has 0 spiro atoms. The van der Waals surface area contributed by atoms with Gasteiger partial charge >= 0.3 is 6.18 Å². The topological polar surface area (TPSA) is 20.2 Å². The van der Waals surface area contributed by atoms with Crippen molar-refractivity contribution < 1.29 is 18.3 Å². The highest BCUT2D eigenvalue weighted by molar-refractivity contribution is 7.10. The van der Waals surface area contributed by atoms with Crippen LogP contribution in [0.25, 0.3) is 0 Å². The zero-order valence-electron chi connectivity index (χ0n) is 6.93. The lowest BCUT2D eigenvalue weighted by Crippen LogP contribution is -2.27. The van der Waals surface area contributed by atoms with Crippen molar-refractivity contribution in [2.45, 2.75) is 25.1 Å². The van der Waals surface area contributed by atoms with Crippen LogP contribution >= 0.6 is 11.3 Å². The summed E-state index contributed by atoms with van der Waals surface area (Å²) in [6, 6.07) is 3.11. The number of rotatable bonds is 2. The predicted molar refractivity (Wildman–Crippen MR) is 44.6 cm³/mol. The maximum absolute atomic E-state index is 12.0. The minimum atomic E-state index is -4.34. The SMILES string of the molecule is C[C@](O)(CC(F)(F)F)c1cccs1. The van der Waals surface area contributed by atoms with E-state index in [0.717, 1.165) is 11.3 Å². The molecule has 0 aromatic carbocycles. The molecule has 1 rings (SSSR count). The summed E-state index contributed by atoms with van der Waals surface area (Å²) in [6.45, 7) is 1.17. The lowest BCUT2D eigenvalue weighted by Gasteiger charge is -2.22. The van der Waals surface area contributed by atoms with Crippen molar-refractivity contribution in [3.63, 3.8) is 0 Å². The highest BCUT2D eigenvalue weighted by atomic mass is 32.1. The fraction of sp³-hybridized carbons (Fsp3) is 0.500. The molecule has 0 saturated heterocycles. The number of hydrogen-bond acceptors (Lipinski definition) is 2. The van der Waals surface area contributed by atoms with E-state index in [1.807, 2.05) is 0 Å². The summed E-state index contributed by atoms with van der Waals surface area (Å²) in [5.74, 6) is 0. The van der Waals surface area contributed by atoms with E-state index in [-0.39, 0.29) is 0 Å². The lowest BCUT2D eigenvalue weighted by atomic mass is 10.0. The number of hydrogen-bond donors (Lipinski definition) is 1. The molecule has 0 aliphatic heterocycles. The van der Waals surface area contributed by atoms with Gasteiger partial charge in [-0.2, -0.15) is 13.2 Å². The molecule has 0 saturated carbocycles. The first-order valence-electron chi connectivity index (χ1n) is 3.64. The first-order valence-corrected chi connectivity index (χ1v) is 4.52. The average molecular weight is 210 g/mol. The highest BCUT2D eigenvalue weighted by Crippen LogP contribution is 2.36. The van der Waals surface area contributed by atoms with Gasteiger partial charge in [-0.25, -0.2) is 0 Å². The number of halogens is 3. The van der Waals surface area contributed by atoms with Crippen molar-refractivity contribution in [2.75, 3.05) is 0 Å². The third kappa shape index (κ3) is 3.00. The van der Waals surface area contributed by atoms with Crippen LogP contribution in [0, 0.1) is 0 Å². The second-order valence-corrected chi connectivity index (χ2v) is 3.99. The van der Waals surface area contributed by atoms with Crippen molar-refractivity contribution in [1.82, 2.24) is 0 Å². The monoisotopic (exact) mass is 210 g/mol. The third-order valence-corrected chi connectivity index (χ3v) is 2.72. The molecule has 1 heterocycles. The number of alkyl halides is 3. The second-order valence-electron chi connectivity index (χ2n) is 3.04. The Labute approximate surface area is 77.8 Å². The van der Waals surface area contributed by atoms with Gasteiger partial charge in [-0.1, -0.05) is 6.07 Å². The normalized spacial score (nSPS) is 17.0. The molecule has 1 aromatic rings. The average Bonchev–Trinajstić information content (AvgIpc) is 2.29. The molecule has 1 atom stereocenters. The van der Waals surface area contributed by atoms with Crippen molar-refractivity contribution in [3.05, 3.63) is 22.4 Å². The van der Waals surface area contributed by atoms with Gasteiger partial charge in [0.2, 0.25) is 0 Å². The van der Waals surface area contributed by atoms with Crippen molar-refractivity contribution in [3.8, 4) is 0 Å². The molecule has 1 aromatic heterocycles. The molecular weight excluding hydrogens is 201 g/mol. The van der Waals surface area contributed by atoms with Crippen molar-refractivity contribution in [1.29, 1.82) is 0 Å². The van der Waals surface area contributed by atoms with Gasteiger partial charge in [-0.15, -0.1) is 11.3 Å². The van der Waals surface area contributed by atoms with E-state index >= 15 is 0 Å². The van der Waals surface area contributed by atoms with Crippen LogP contribution in [-0.2, 0) is 5.60 Å². The standard InChI is InChI=1S/C8H9F3OS/c1-7(12,5-8(9,10)11)6-3-2-4-13-6/h2-4,12H,5H2,1H3/t7-/m0/s1. The van der Waals surface area contributed by atoms with E-state index in [1.54, 1.807) is 11.4 Å². The fourth-order valence-electron chi connectivity index (χ4n) is 1.06. The van der Waals surface area contributed by atoms with E-state index < -0.39 is 18.2 Å². The minimum Gasteiger partial charge on any atom is -0.384 e. The smallest absolute Gasteiger partial charge is 0.384 e. The van der Waals surface area contributed by atoms with Crippen LogP contribution in [0.1, 0.15) is 18.2 Å². The highest BCUT2D eigenvalue weighted by Gasteiger charge is 2.39. The molecule has 5 heteroatoms. The number of thiophene rings is 1. The Morgan fingerprint density at radius 2 is 2.08 bits per heavy atom. The van der Waals surface area contributed by atoms with Gasteiger partial charge in [0, 0.05) is 4.88 Å². The molecule has 0 amide bonds. The van der Waals surface area contributed by atoms with E-state index in [0.29, 0.717) is 4.88 Å². The van der Waals surface area contributed by atoms with Crippen LogP contribution in [0.3, 0.4) is 0 Å². The Kier molecular flexibility index (Phi) is 2.68. The number of aliphatic hydroxyl groups is 1. The first kappa shape index (κ1) is 10.5. The summed E-state index contributed by atoms with van der Waals surface area (Å²) in [5.41, 5.74) is -1.80. The van der Waals surface area contributed by atoms with E-state index in [4.69, 9.17) is 0 Å². The Balaban J connectivity index is 2.78. The van der Waals surface area contributed by atoms with E-state index in [2.05, 4.69) is 0 Å². The molecule has 1 nitrogen and oxygen atoms in total. The molecule has 13 heavy (non-hydrogen) atoms. The Morgan fingerprint density at radius 1 is 1.46 bits per heavy atom. The molecule has 0 aliphatic rings. The van der Waals surface area contributed by atoms with Gasteiger partial charge in [0.1, 0.15) is 5.60 Å². The lowest BCUT2D eigenvalue weighted by molar-refractivity contribution is -0.173. The Morgan fingerprint density at radius 3 is 2.46 bits per heavy atom.